The highest BCUT2D eigenvalue weighted by atomic mass is 32.2. The first-order chi connectivity index (χ1) is 10.3. The van der Waals surface area contributed by atoms with Gasteiger partial charge in [-0.05, 0) is 27.2 Å². The first-order valence-corrected chi connectivity index (χ1v) is 8.98. The number of rotatable bonds is 3. The number of aromatic nitrogens is 2. The van der Waals surface area contributed by atoms with Crippen LogP contribution in [0.2, 0.25) is 0 Å². The molecule has 2 rings (SSSR count). The number of hydrogen-bond donors (Lipinski definition) is 1. The average Bonchev–Trinajstić information content (AvgIpc) is 3.04. The van der Waals surface area contributed by atoms with Crippen LogP contribution in [-0.2, 0) is 16.0 Å². The molecule has 22 heavy (non-hydrogen) atoms. The monoisotopic (exact) mass is 344 g/mol. The van der Waals surface area contributed by atoms with Gasteiger partial charge in [-0.25, -0.2) is 4.79 Å². The summed E-state index contributed by atoms with van der Waals surface area (Å²) in [5, 5.41) is 11.9. The van der Waals surface area contributed by atoms with Crippen LogP contribution < -0.4 is 5.32 Å². The molecule has 0 spiro atoms. The van der Waals surface area contributed by atoms with E-state index < -0.39 is 17.7 Å². The average molecular weight is 344 g/mol. The molecule has 0 aromatic carbocycles. The van der Waals surface area contributed by atoms with Crippen molar-refractivity contribution in [1.29, 1.82) is 0 Å². The van der Waals surface area contributed by atoms with E-state index in [0.29, 0.717) is 16.8 Å². The van der Waals surface area contributed by atoms with E-state index in [1.54, 1.807) is 20.8 Å². The van der Waals surface area contributed by atoms with Crippen LogP contribution in [0.5, 0.6) is 0 Å². The summed E-state index contributed by atoms with van der Waals surface area (Å²) in [5.41, 5.74) is -0.583. The second-order valence-electron chi connectivity index (χ2n) is 5.81. The summed E-state index contributed by atoms with van der Waals surface area (Å²) in [4.78, 5) is 26.0. The van der Waals surface area contributed by atoms with E-state index >= 15 is 0 Å². The van der Waals surface area contributed by atoms with Gasteiger partial charge in [0.1, 0.15) is 16.7 Å². The molecule has 0 aliphatic carbocycles. The number of hydrogen-bond acceptors (Lipinski definition) is 7. The number of carbonyl (C=O) groups is 2. The van der Waals surface area contributed by atoms with E-state index in [9.17, 15) is 9.59 Å². The molecule has 1 N–H and O–H groups in total. The lowest BCUT2D eigenvalue weighted by Gasteiger charge is -2.27. The second kappa shape index (κ2) is 6.82. The minimum absolute atomic E-state index is 0.255. The Morgan fingerprint density at radius 2 is 2.14 bits per heavy atom. The molecular weight excluding hydrogens is 324 g/mol. The van der Waals surface area contributed by atoms with Crippen LogP contribution in [0.15, 0.2) is 0 Å². The Kier molecular flexibility index (Phi) is 5.28. The molecule has 2 amide bonds. The van der Waals surface area contributed by atoms with Crippen LogP contribution in [-0.4, -0.2) is 50.4 Å². The fraction of sp³-hybridized carbons (Fsp3) is 0.692. The third-order valence-electron chi connectivity index (χ3n) is 2.81. The molecule has 1 aliphatic rings. The maximum Gasteiger partial charge on any atom is 0.411 e. The van der Waals surface area contributed by atoms with Gasteiger partial charge in [-0.2, -0.15) is 0 Å². The third-order valence-corrected chi connectivity index (χ3v) is 4.81. The van der Waals surface area contributed by atoms with Gasteiger partial charge < -0.3 is 4.74 Å². The lowest BCUT2D eigenvalue weighted by molar-refractivity contribution is -0.120. The number of amides is 2. The summed E-state index contributed by atoms with van der Waals surface area (Å²) >= 11 is 2.87. The predicted molar refractivity (Wildman–Crippen MR) is 87.1 cm³/mol. The van der Waals surface area contributed by atoms with Gasteiger partial charge in [0, 0.05) is 5.75 Å². The topological polar surface area (TPSA) is 84.4 Å². The van der Waals surface area contributed by atoms with Gasteiger partial charge in [0.2, 0.25) is 11.0 Å². The fourth-order valence-electron chi connectivity index (χ4n) is 1.80. The minimum atomic E-state index is -0.583. The molecule has 0 bridgehead atoms. The summed E-state index contributed by atoms with van der Waals surface area (Å²) in [5.74, 6) is 0.739. The fourth-order valence-corrected chi connectivity index (χ4v) is 3.62. The van der Waals surface area contributed by atoms with Crippen molar-refractivity contribution in [3.63, 3.8) is 0 Å². The SMILES string of the molecule is CCc1nnc(NC(=O)C2CSCN2C(=O)OC(C)(C)C)s1. The molecule has 0 radical (unpaired) electrons. The smallest absolute Gasteiger partial charge is 0.411 e. The van der Waals surface area contributed by atoms with Gasteiger partial charge in [0.05, 0.1) is 5.88 Å². The summed E-state index contributed by atoms with van der Waals surface area (Å²) in [7, 11) is 0. The van der Waals surface area contributed by atoms with Gasteiger partial charge in [-0.1, -0.05) is 18.3 Å². The van der Waals surface area contributed by atoms with Gasteiger partial charge in [-0.3, -0.25) is 15.0 Å². The van der Waals surface area contributed by atoms with Crippen molar-refractivity contribution in [2.75, 3.05) is 16.9 Å². The Morgan fingerprint density at radius 3 is 2.73 bits per heavy atom. The highest BCUT2D eigenvalue weighted by molar-refractivity contribution is 7.99. The molecule has 9 heteroatoms. The Balaban J connectivity index is 2.00. The zero-order valence-corrected chi connectivity index (χ0v) is 14.7. The van der Waals surface area contributed by atoms with E-state index in [1.165, 1.54) is 28.0 Å². The maximum absolute atomic E-state index is 12.4. The summed E-state index contributed by atoms with van der Waals surface area (Å²) < 4.78 is 5.34. The Morgan fingerprint density at radius 1 is 1.41 bits per heavy atom. The van der Waals surface area contributed by atoms with Crippen LogP contribution in [0, 0.1) is 0 Å². The van der Waals surface area contributed by atoms with Gasteiger partial charge in [-0.15, -0.1) is 22.0 Å². The molecular formula is C13H20N4O3S2. The molecule has 1 aromatic heterocycles. The number of thioether (sulfide) groups is 1. The van der Waals surface area contributed by atoms with E-state index in [2.05, 4.69) is 15.5 Å². The normalized spacial score (nSPS) is 18.4. The van der Waals surface area contributed by atoms with Crippen molar-refractivity contribution in [3.05, 3.63) is 5.01 Å². The van der Waals surface area contributed by atoms with Crippen molar-refractivity contribution >= 4 is 40.2 Å². The molecule has 122 valence electrons. The zero-order chi connectivity index (χ0) is 16.3. The van der Waals surface area contributed by atoms with E-state index in [1.807, 2.05) is 6.92 Å². The van der Waals surface area contributed by atoms with Crippen LogP contribution in [0.4, 0.5) is 9.93 Å². The van der Waals surface area contributed by atoms with Crippen molar-refractivity contribution in [2.45, 2.75) is 45.8 Å². The van der Waals surface area contributed by atoms with E-state index in [-0.39, 0.29) is 5.91 Å². The standard InChI is InChI=1S/C13H20N4O3S2/c1-5-9-15-16-11(22-9)14-10(18)8-6-21-7-17(8)12(19)20-13(2,3)4/h8H,5-7H2,1-4H3,(H,14,16,18). The predicted octanol–water partition coefficient (Wildman–Crippen LogP) is 2.35. The van der Waals surface area contributed by atoms with E-state index in [4.69, 9.17) is 4.74 Å². The second-order valence-corrected chi connectivity index (χ2v) is 7.87. The van der Waals surface area contributed by atoms with Crippen molar-refractivity contribution in [2.24, 2.45) is 0 Å². The molecule has 1 saturated heterocycles. The molecule has 1 fully saturated rings. The molecule has 2 heterocycles. The molecule has 0 saturated carbocycles. The van der Waals surface area contributed by atoms with Crippen molar-refractivity contribution in [1.82, 2.24) is 15.1 Å². The molecule has 1 atom stereocenters. The summed E-state index contributed by atoms with van der Waals surface area (Å²) in [6, 6.07) is -0.547. The summed E-state index contributed by atoms with van der Waals surface area (Å²) in [6.07, 6.45) is 0.306. The number of carbonyl (C=O) groups excluding carboxylic acids is 2. The van der Waals surface area contributed by atoms with Crippen LogP contribution in [0.3, 0.4) is 0 Å². The molecule has 1 unspecified atom stereocenters. The highest BCUT2D eigenvalue weighted by Crippen LogP contribution is 2.25. The molecule has 1 aromatic rings. The maximum atomic E-state index is 12.4. The van der Waals surface area contributed by atoms with Crippen LogP contribution in [0.25, 0.3) is 0 Å². The van der Waals surface area contributed by atoms with Gasteiger partial charge in [0.25, 0.3) is 0 Å². The third kappa shape index (κ3) is 4.33. The molecule has 7 nitrogen and oxygen atoms in total. The quantitative estimate of drug-likeness (QED) is 0.906. The summed E-state index contributed by atoms with van der Waals surface area (Å²) in [6.45, 7) is 7.38. The first kappa shape index (κ1) is 17.0. The number of aryl methyl sites for hydroxylation is 1. The Hall–Kier alpha value is -1.35. The number of nitrogens with one attached hydrogen (secondary N) is 1. The first-order valence-electron chi connectivity index (χ1n) is 7.00. The number of nitrogens with zero attached hydrogens (tertiary/aromatic N) is 3. The number of anilines is 1. The molecule has 1 aliphatic heterocycles. The lowest BCUT2D eigenvalue weighted by atomic mass is 10.2. The lowest BCUT2D eigenvalue weighted by Crippen LogP contribution is -2.46. The van der Waals surface area contributed by atoms with Gasteiger partial charge in [0.15, 0.2) is 0 Å². The van der Waals surface area contributed by atoms with Crippen LogP contribution >= 0.6 is 23.1 Å². The van der Waals surface area contributed by atoms with Crippen LogP contribution in [0.1, 0.15) is 32.7 Å². The van der Waals surface area contributed by atoms with E-state index in [0.717, 1.165) is 11.4 Å². The Labute approximate surface area is 137 Å². The van der Waals surface area contributed by atoms with Crippen molar-refractivity contribution < 1.29 is 14.3 Å². The van der Waals surface area contributed by atoms with Gasteiger partial charge >= 0.3 is 6.09 Å². The zero-order valence-electron chi connectivity index (χ0n) is 13.1. The number of ether oxygens (including phenoxy) is 1. The largest absolute Gasteiger partial charge is 0.444 e. The van der Waals surface area contributed by atoms with Crippen molar-refractivity contribution in [3.8, 4) is 0 Å². The Bertz CT molecular complexity index is 556. The minimum Gasteiger partial charge on any atom is -0.444 e. The highest BCUT2D eigenvalue weighted by Gasteiger charge is 2.37.